The van der Waals surface area contributed by atoms with Crippen molar-refractivity contribution in [3.8, 4) is 5.75 Å². The third kappa shape index (κ3) is 1.80. The molecule has 0 spiro atoms. The number of hydrogen-bond donors (Lipinski definition) is 0. The second kappa shape index (κ2) is 4.28. The zero-order chi connectivity index (χ0) is 10.7. The number of nitrogens with zero attached hydrogens (tertiary/aromatic N) is 1. The zero-order valence-electron chi connectivity index (χ0n) is 8.96. The number of ether oxygens (including phenoxy) is 2. The molecule has 0 unspecified atom stereocenters. The molecule has 1 heterocycles. The fraction of sp³-hybridized carbons (Fsp3) is 0.500. The Labute approximate surface area is 83.7 Å². The molecule has 14 heavy (non-hydrogen) atoms. The summed E-state index contributed by atoms with van der Waals surface area (Å²) >= 11 is 0. The third-order valence-corrected chi connectivity index (χ3v) is 2.26. The third-order valence-electron chi connectivity index (χ3n) is 2.26. The average molecular weight is 197 g/mol. The van der Waals surface area contributed by atoms with Gasteiger partial charge in [-0.25, -0.2) is 0 Å². The van der Waals surface area contributed by atoms with E-state index in [2.05, 4.69) is 0 Å². The highest BCUT2D eigenvalue weighted by molar-refractivity contribution is 5.38. The van der Waals surface area contributed by atoms with Crippen LogP contribution >= 0.6 is 0 Å². The smallest absolute Gasteiger partial charge is 0.232 e. The monoisotopic (exact) mass is 197 g/mol. The summed E-state index contributed by atoms with van der Waals surface area (Å²) in [4.78, 5) is 0. The van der Waals surface area contributed by atoms with Crippen LogP contribution in [0.3, 0.4) is 0 Å². The van der Waals surface area contributed by atoms with E-state index in [-0.39, 0.29) is 0 Å². The van der Waals surface area contributed by atoms with Crippen molar-refractivity contribution in [2.45, 2.75) is 20.5 Å². The zero-order valence-corrected chi connectivity index (χ0v) is 8.96. The largest absolute Gasteiger partial charge is 0.618 e. The molecule has 4 heteroatoms. The number of rotatable bonds is 3. The molecule has 0 radical (unpaired) electrons. The number of hydrogen-bond acceptors (Lipinski definition) is 3. The molecule has 0 aliphatic carbocycles. The van der Waals surface area contributed by atoms with E-state index in [9.17, 15) is 5.21 Å². The highest BCUT2D eigenvalue weighted by Crippen LogP contribution is 2.22. The van der Waals surface area contributed by atoms with Gasteiger partial charge in [0.1, 0.15) is 0 Å². The van der Waals surface area contributed by atoms with Crippen molar-refractivity contribution in [2.75, 3.05) is 14.2 Å². The van der Waals surface area contributed by atoms with Crippen molar-refractivity contribution < 1.29 is 14.2 Å². The maximum absolute atomic E-state index is 11.4. The van der Waals surface area contributed by atoms with Crippen LogP contribution in [0.25, 0.3) is 0 Å². The summed E-state index contributed by atoms with van der Waals surface area (Å²) in [6.45, 7) is 4.07. The standard InChI is InChI=1S/C10H15NO3/c1-7-9(6-13-3)5-11(12)8(2)10(7)14-4/h5H,6H2,1-4H3. The average Bonchev–Trinajstić information content (AvgIpc) is 2.16. The van der Waals surface area contributed by atoms with E-state index in [0.29, 0.717) is 18.1 Å². The van der Waals surface area contributed by atoms with Crippen LogP contribution in [0.4, 0.5) is 0 Å². The van der Waals surface area contributed by atoms with Crippen molar-refractivity contribution in [1.82, 2.24) is 0 Å². The second-order valence-corrected chi connectivity index (χ2v) is 3.16. The van der Waals surface area contributed by atoms with Gasteiger partial charge in [-0.1, -0.05) is 0 Å². The minimum absolute atomic E-state index is 0.421. The highest BCUT2D eigenvalue weighted by atomic mass is 16.5. The van der Waals surface area contributed by atoms with Crippen LogP contribution in [0, 0.1) is 19.1 Å². The summed E-state index contributed by atoms with van der Waals surface area (Å²) in [6.07, 6.45) is 1.52. The van der Waals surface area contributed by atoms with Gasteiger partial charge >= 0.3 is 0 Å². The molecule has 0 aliphatic heterocycles. The maximum Gasteiger partial charge on any atom is 0.232 e. The second-order valence-electron chi connectivity index (χ2n) is 3.16. The van der Waals surface area contributed by atoms with Crippen molar-refractivity contribution in [2.24, 2.45) is 0 Å². The van der Waals surface area contributed by atoms with Gasteiger partial charge in [0.25, 0.3) is 0 Å². The Kier molecular flexibility index (Phi) is 3.30. The van der Waals surface area contributed by atoms with Crippen LogP contribution in [-0.4, -0.2) is 14.2 Å². The Bertz CT molecular complexity index is 337. The molecule has 0 saturated carbocycles. The van der Waals surface area contributed by atoms with Crippen LogP contribution in [0.1, 0.15) is 16.8 Å². The first-order valence-electron chi connectivity index (χ1n) is 4.37. The van der Waals surface area contributed by atoms with Crippen LogP contribution in [-0.2, 0) is 11.3 Å². The molecule has 1 aromatic rings. The lowest BCUT2D eigenvalue weighted by Gasteiger charge is -2.12. The minimum Gasteiger partial charge on any atom is -0.618 e. The quantitative estimate of drug-likeness (QED) is 0.538. The summed E-state index contributed by atoms with van der Waals surface area (Å²) < 4.78 is 11.0. The van der Waals surface area contributed by atoms with E-state index in [1.807, 2.05) is 6.92 Å². The SMILES string of the molecule is COCc1c[n+]([O-])c(C)c(OC)c1C. The minimum atomic E-state index is 0.421. The van der Waals surface area contributed by atoms with E-state index in [4.69, 9.17) is 9.47 Å². The van der Waals surface area contributed by atoms with Gasteiger partial charge in [-0.15, -0.1) is 0 Å². The fourth-order valence-electron chi connectivity index (χ4n) is 1.45. The summed E-state index contributed by atoms with van der Waals surface area (Å²) in [5, 5.41) is 11.4. The van der Waals surface area contributed by atoms with Crippen LogP contribution in [0.15, 0.2) is 6.20 Å². The Morgan fingerprint density at radius 1 is 1.36 bits per heavy atom. The summed E-state index contributed by atoms with van der Waals surface area (Å²) in [6, 6.07) is 0. The Balaban J connectivity index is 3.27. The lowest BCUT2D eigenvalue weighted by atomic mass is 10.1. The van der Waals surface area contributed by atoms with E-state index < -0.39 is 0 Å². The van der Waals surface area contributed by atoms with Crippen LogP contribution in [0.2, 0.25) is 0 Å². The highest BCUT2D eigenvalue weighted by Gasteiger charge is 2.16. The number of aromatic nitrogens is 1. The van der Waals surface area contributed by atoms with Crippen molar-refractivity contribution >= 4 is 0 Å². The number of methoxy groups -OCH3 is 2. The molecule has 4 nitrogen and oxygen atoms in total. The van der Waals surface area contributed by atoms with Gasteiger partial charge < -0.3 is 14.7 Å². The van der Waals surface area contributed by atoms with Crippen molar-refractivity contribution in [3.63, 3.8) is 0 Å². The van der Waals surface area contributed by atoms with Gasteiger partial charge in [-0.05, 0) is 6.92 Å². The van der Waals surface area contributed by atoms with E-state index in [1.165, 1.54) is 6.20 Å². The van der Waals surface area contributed by atoms with Gasteiger partial charge in [0.2, 0.25) is 5.69 Å². The van der Waals surface area contributed by atoms with Gasteiger partial charge in [-0.3, -0.25) is 0 Å². The van der Waals surface area contributed by atoms with Crippen molar-refractivity contribution in [3.05, 3.63) is 28.2 Å². The Morgan fingerprint density at radius 3 is 2.50 bits per heavy atom. The Morgan fingerprint density at radius 2 is 2.00 bits per heavy atom. The van der Waals surface area contributed by atoms with E-state index in [0.717, 1.165) is 15.9 Å². The van der Waals surface area contributed by atoms with Crippen LogP contribution in [0.5, 0.6) is 5.75 Å². The molecule has 0 saturated heterocycles. The molecule has 0 aliphatic rings. The molecular weight excluding hydrogens is 182 g/mol. The van der Waals surface area contributed by atoms with Crippen LogP contribution < -0.4 is 9.47 Å². The molecule has 0 fully saturated rings. The normalized spacial score (nSPS) is 10.3. The van der Waals surface area contributed by atoms with E-state index in [1.54, 1.807) is 21.1 Å². The Hall–Kier alpha value is -1.29. The molecule has 0 aromatic carbocycles. The first-order valence-corrected chi connectivity index (χ1v) is 4.37. The fourth-order valence-corrected chi connectivity index (χ4v) is 1.45. The topological polar surface area (TPSA) is 45.4 Å². The molecular formula is C10H15NO3. The summed E-state index contributed by atoms with van der Waals surface area (Å²) in [5.74, 6) is 0.634. The molecule has 0 bridgehead atoms. The van der Waals surface area contributed by atoms with Gasteiger partial charge in [0.15, 0.2) is 11.9 Å². The molecule has 0 amide bonds. The van der Waals surface area contributed by atoms with Gasteiger partial charge in [0, 0.05) is 25.2 Å². The van der Waals surface area contributed by atoms with Crippen molar-refractivity contribution in [1.29, 1.82) is 0 Å². The summed E-state index contributed by atoms with van der Waals surface area (Å²) in [7, 11) is 3.16. The first-order chi connectivity index (χ1) is 6.61. The predicted octanol–water partition coefficient (Wildman–Crippen LogP) is 1.09. The first kappa shape index (κ1) is 10.8. The lowest BCUT2D eigenvalue weighted by Crippen LogP contribution is -2.31. The van der Waals surface area contributed by atoms with Gasteiger partial charge in [-0.2, -0.15) is 4.73 Å². The molecule has 0 atom stereocenters. The summed E-state index contributed by atoms with van der Waals surface area (Å²) in [5.41, 5.74) is 2.38. The number of pyridine rings is 1. The van der Waals surface area contributed by atoms with Gasteiger partial charge in [0.05, 0.1) is 13.7 Å². The molecule has 1 rings (SSSR count). The predicted molar refractivity (Wildman–Crippen MR) is 52.1 cm³/mol. The maximum atomic E-state index is 11.4. The lowest BCUT2D eigenvalue weighted by molar-refractivity contribution is -0.613. The van der Waals surface area contributed by atoms with E-state index >= 15 is 0 Å². The molecule has 0 N–H and O–H groups in total. The molecule has 1 aromatic heterocycles. The molecule has 78 valence electrons.